The van der Waals surface area contributed by atoms with Gasteiger partial charge < -0.3 is 19.5 Å². The smallest absolute Gasteiger partial charge is 0.269 e. The first-order valence-electron chi connectivity index (χ1n) is 11.3. The Morgan fingerprint density at radius 1 is 1.09 bits per heavy atom. The number of aromatic nitrogens is 2. The number of non-ortho nitro benzene ring substituents is 1. The van der Waals surface area contributed by atoms with E-state index in [4.69, 9.17) is 17.0 Å². The second kappa shape index (κ2) is 9.88. The summed E-state index contributed by atoms with van der Waals surface area (Å²) in [6, 6.07) is 16.4. The van der Waals surface area contributed by atoms with Crippen molar-refractivity contribution < 1.29 is 9.66 Å². The molecule has 4 heterocycles. The van der Waals surface area contributed by atoms with Crippen LogP contribution in [-0.4, -0.2) is 68.8 Å². The zero-order chi connectivity index (χ0) is 23.5. The molecule has 34 heavy (non-hydrogen) atoms. The van der Waals surface area contributed by atoms with Crippen LogP contribution in [0.15, 0.2) is 67.0 Å². The minimum absolute atomic E-state index is 0.0691. The molecule has 0 amide bonds. The molecule has 0 saturated carbocycles. The fourth-order valence-corrected chi connectivity index (χ4v) is 4.98. The maximum atomic E-state index is 11.1. The molecule has 9 nitrogen and oxygen atoms in total. The lowest BCUT2D eigenvalue weighted by Gasteiger charge is -2.32. The Labute approximate surface area is 203 Å². The van der Waals surface area contributed by atoms with Crippen LogP contribution >= 0.6 is 12.2 Å². The Balaban J connectivity index is 1.49. The maximum absolute atomic E-state index is 11.1. The number of hydrogen-bond donors (Lipinski definition) is 1. The molecule has 1 aromatic carbocycles. The van der Waals surface area contributed by atoms with E-state index >= 15 is 0 Å². The van der Waals surface area contributed by atoms with Gasteiger partial charge in [0, 0.05) is 62.1 Å². The quantitative estimate of drug-likeness (QED) is 0.315. The van der Waals surface area contributed by atoms with Gasteiger partial charge in [-0.15, -0.1) is 0 Å². The van der Waals surface area contributed by atoms with Crippen molar-refractivity contribution in [3.8, 4) is 5.69 Å². The number of thiocarbonyl (C=S) groups is 1. The molecule has 0 unspecified atom stereocenters. The SMILES string of the molecule is O=[N+]([O-])c1ccc(-n2cccc2[C@H]2[C@H](c3ccccn3)NC(=S)N2CCN2CCOCC2)cc1. The summed E-state index contributed by atoms with van der Waals surface area (Å²) in [5.74, 6) is 0. The van der Waals surface area contributed by atoms with E-state index in [2.05, 4.69) is 30.7 Å². The third-order valence-corrected chi connectivity index (χ3v) is 6.73. The van der Waals surface area contributed by atoms with Crippen LogP contribution in [-0.2, 0) is 4.74 Å². The van der Waals surface area contributed by atoms with E-state index in [1.165, 1.54) is 12.1 Å². The van der Waals surface area contributed by atoms with E-state index in [1.807, 2.05) is 30.5 Å². The molecule has 5 rings (SSSR count). The first kappa shape index (κ1) is 22.5. The Hall–Kier alpha value is -3.34. The number of nitrogens with one attached hydrogen (secondary N) is 1. The van der Waals surface area contributed by atoms with Gasteiger partial charge in [-0.3, -0.25) is 20.0 Å². The number of pyridine rings is 1. The van der Waals surface area contributed by atoms with Crippen LogP contribution in [0.4, 0.5) is 5.69 Å². The number of ether oxygens (including phenoxy) is 1. The number of nitro groups is 1. The molecule has 2 atom stereocenters. The molecule has 2 aromatic heterocycles. The summed E-state index contributed by atoms with van der Waals surface area (Å²) in [5, 5.41) is 15.3. The first-order valence-corrected chi connectivity index (χ1v) is 11.7. The third-order valence-electron chi connectivity index (χ3n) is 6.38. The molecule has 2 aliphatic heterocycles. The number of morpholine rings is 1. The second-order valence-corrected chi connectivity index (χ2v) is 8.74. The van der Waals surface area contributed by atoms with Crippen LogP contribution in [0.2, 0.25) is 0 Å². The predicted molar refractivity (Wildman–Crippen MR) is 132 cm³/mol. The van der Waals surface area contributed by atoms with E-state index < -0.39 is 0 Å². The zero-order valence-electron chi connectivity index (χ0n) is 18.6. The molecule has 10 heteroatoms. The molecule has 0 bridgehead atoms. The Bertz CT molecular complexity index is 1150. The summed E-state index contributed by atoms with van der Waals surface area (Å²) in [6.45, 7) is 5.00. The molecule has 2 fully saturated rings. The third kappa shape index (κ3) is 4.52. The zero-order valence-corrected chi connectivity index (χ0v) is 19.4. The van der Waals surface area contributed by atoms with E-state index in [9.17, 15) is 10.1 Å². The average molecular weight is 479 g/mol. The van der Waals surface area contributed by atoms with Gasteiger partial charge in [-0.25, -0.2) is 0 Å². The van der Waals surface area contributed by atoms with Crippen LogP contribution in [0.25, 0.3) is 5.69 Å². The number of rotatable bonds is 7. The summed E-state index contributed by atoms with van der Waals surface area (Å²) in [5.41, 5.74) is 2.88. The van der Waals surface area contributed by atoms with Gasteiger partial charge >= 0.3 is 0 Å². The van der Waals surface area contributed by atoms with Crippen LogP contribution in [0.1, 0.15) is 23.5 Å². The number of nitro benzene ring substituents is 1. The van der Waals surface area contributed by atoms with E-state index in [1.54, 1.807) is 18.3 Å². The van der Waals surface area contributed by atoms with Crippen molar-refractivity contribution in [1.29, 1.82) is 0 Å². The van der Waals surface area contributed by atoms with Crippen molar-refractivity contribution in [1.82, 2.24) is 24.7 Å². The molecule has 2 saturated heterocycles. The van der Waals surface area contributed by atoms with Crippen LogP contribution in [0.3, 0.4) is 0 Å². The summed E-state index contributed by atoms with van der Waals surface area (Å²) in [4.78, 5) is 20.0. The lowest BCUT2D eigenvalue weighted by molar-refractivity contribution is -0.384. The lowest BCUT2D eigenvalue weighted by atomic mass is 10.0. The highest BCUT2D eigenvalue weighted by molar-refractivity contribution is 7.80. The molecule has 176 valence electrons. The first-order chi connectivity index (χ1) is 16.6. The molecule has 0 spiro atoms. The van der Waals surface area contributed by atoms with Gasteiger partial charge in [0.2, 0.25) is 0 Å². The Morgan fingerprint density at radius 3 is 2.59 bits per heavy atom. The number of benzene rings is 1. The monoisotopic (exact) mass is 478 g/mol. The lowest BCUT2D eigenvalue weighted by Crippen LogP contribution is -2.42. The topological polar surface area (TPSA) is 88.7 Å². The molecular formula is C24H26N6O3S. The van der Waals surface area contributed by atoms with Gasteiger partial charge in [0.15, 0.2) is 5.11 Å². The largest absolute Gasteiger partial charge is 0.379 e. The summed E-state index contributed by atoms with van der Waals surface area (Å²) in [7, 11) is 0. The summed E-state index contributed by atoms with van der Waals surface area (Å²) in [6.07, 6.45) is 3.77. The van der Waals surface area contributed by atoms with Crippen molar-refractivity contribution in [2.75, 3.05) is 39.4 Å². The van der Waals surface area contributed by atoms with Crippen molar-refractivity contribution in [3.05, 3.63) is 88.5 Å². The fourth-order valence-electron chi connectivity index (χ4n) is 4.65. The molecule has 0 aliphatic carbocycles. The molecule has 2 aliphatic rings. The van der Waals surface area contributed by atoms with Crippen molar-refractivity contribution in [3.63, 3.8) is 0 Å². The fraction of sp³-hybridized carbons (Fsp3) is 0.333. The average Bonchev–Trinajstić information content (AvgIpc) is 3.48. The molecule has 3 aromatic rings. The number of nitrogens with zero attached hydrogens (tertiary/aromatic N) is 5. The normalized spacial score (nSPS) is 20.9. The van der Waals surface area contributed by atoms with Gasteiger partial charge in [0.1, 0.15) is 0 Å². The van der Waals surface area contributed by atoms with Crippen molar-refractivity contribution >= 4 is 23.0 Å². The molecule has 1 N–H and O–H groups in total. The van der Waals surface area contributed by atoms with E-state index in [0.717, 1.165) is 56.5 Å². The Morgan fingerprint density at radius 2 is 1.88 bits per heavy atom. The maximum Gasteiger partial charge on any atom is 0.269 e. The van der Waals surface area contributed by atoms with Crippen LogP contribution < -0.4 is 5.32 Å². The highest BCUT2D eigenvalue weighted by Crippen LogP contribution is 2.39. The van der Waals surface area contributed by atoms with Gasteiger partial charge in [-0.1, -0.05) is 6.07 Å². The van der Waals surface area contributed by atoms with Gasteiger partial charge in [0.25, 0.3) is 5.69 Å². The second-order valence-electron chi connectivity index (χ2n) is 8.35. The minimum atomic E-state index is -0.385. The van der Waals surface area contributed by atoms with Crippen LogP contribution in [0, 0.1) is 10.1 Å². The predicted octanol–water partition coefficient (Wildman–Crippen LogP) is 3.09. The van der Waals surface area contributed by atoms with Crippen molar-refractivity contribution in [2.45, 2.75) is 12.1 Å². The Kier molecular flexibility index (Phi) is 6.52. The highest BCUT2D eigenvalue weighted by Gasteiger charge is 2.41. The van der Waals surface area contributed by atoms with Gasteiger partial charge in [-0.05, 0) is 48.6 Å². The van der Waals surface area contributed by atoms with Crippen molar-refractivity contribution in [2.24, 2.45) is 0 Å². The van der Waals surface area contributed by atoms with E-state index in [0.29, 0.717) is 5.11 Å². The van der Waals surface area contributed by atoms with Gasteiger partial charge in [-0.2, -0.15) is 0 Å². The summed E-state index contributed by atoms with van der Waals surface area (Å²) < 4.78 is 7.56. The van der Waals surface area contributed by atoms with Gasteiger partial charge in [0.05, 0.1) is 35.9 Å². The molecule has 0 radical (unpaired) electrons. The standard InChI is InChI=1S/C24H26N6O3S/c31-30(32)19-8-6-18(7-9-19)28-11-3-5-21(28)23-22(20-4-1-2-10-25-20)26-24(34)29(23)13-12-27-14-16-33-17-15-27/h1-11,22-23H,12-17H2,(H,26,34)/t22-,23-/m0/s1. The molecular weight excluding hydrogens is 452 g/mol. The number of hydrogen-bond acceptors (Lipinski definition) is 6. The minimum Gasteiger partial charge on any atom is -0.379 e. The highest BCUT2D eigenvalue weighted by atomic mass is 32.1. The van der Waals surface area contributed by atoms with Crippen LogP contribution in [0.5, 0.6) is 0 Å². The van der Waals surface area contributed by atoms with E-state index in [-0.39, 0.29) is 22.7 Å². The summed E-state index contributed by atoms with van der Waals surface area (Å²) >= 11 is 5.80.